The molecule has 0 radical (unpaired) electrons. The Balaban J connectivity index is 2.24. The summed E-state index contributed by atoms with van der Waals surface area (Å²) in [6, 6.07) is 5.39. The first-order valence-electron chi connectivity index (χ1n) is 7.31. The minimum atomic E-state index is -0.147. The van der Waals surface area contributed by atoms with Crippen molar-refractivity contribution >= 4 is 0 Å². The van der Waals surface area contributed by atoms with E-state index in [0.29, 0.717) is 23.5 Å². The van der Waals surface area contributed by atoms with Crippen LogP contribution >= 0.6 is 0 Å². The molecule has 0 aliphatic rings. The number of hydrogen-bond acceptors (Lipinski definition) is 3. The fourth-order valence-electron chi connectivity index (χ4n) is 2.43. The lowest BCUT2D eigenvalue weighted by atomic mass is 10.0. The van der Waals surface area contributed by atoms with Crippen LogP contribution in [0.25, 0.3) is 0 Å². The van der Waals surface area contributed by atoms with E-state index >= 15 is 0 Å². The molecule has 0 bridgehead atoms. The number of hydrogen-bond donors (Lipinski definition) is 1. The highest BCUT2D eigenvalue weighted by atomic mass is 19.1. The molecule has 0 spiro atoms. The molecule has 5 heteroatoms. The van der Waals surface area contributed by atoms with Crippen LogP contribution in [0, 0.1) is 18.7 Å². The second kappa shape index (κ2) is 6.80. The summed E-state index contributed by atoms with van der Waals surface area (Å²) in [5.74, 6) is 1.23. The summed E-state index contributed by atoms with van der Waals surface area (Å²) in [7, 11) is 1.84. The number of likely N-dealkylation sites (N-methyl/N-ethyl adjacent to an activating group) is 1. The topological polar surface area (TPSA) is 42.7 Å². The summed E-state index contributed by atoms with van der Waals surface area (Å²) >= 11 is 0. The van der Waals surface area contributed by atoms with Crippen LogP contribution in [0.2, 0.25) is 0 Å². The van der Waals surface area contributed by atoms with Gasteiger partial charge >= 0.3 is 0 Å². The zero-order chi connectivity index (χ0) is 15.4. The standard InChI is InChI=1S/C16H23FN4/c1-11(2)9-21-15(19-10-20-21)8-14(18-4)13-7-5-6-12(3)16(13)17/h5-7,10-11,14,18H,8-9H2,1-4H3. The van der Waals surface area contributed by atoms with Crippen LogP contribution in [-0.2, 0) is 13.0 Å². The highest BCUT2D eigenvalue weighted by Crippen LogP contribution is 2.22. The van der Waals surface area contributed by atoms with Crippen LogP contribution in [0.15, 0.2) is 24.5 Å². The number of nitrogens with zero attached hydrogens (tertiary/aromatic N) is 3. The number of aryl methyl sites for hydroxylation is 1. The minimum Gasteiger partial charge on any atom is -0.313 e. The second-order valence-electron chi connectivity index (χ2n) is 5.78. The molecule has 0 saturated carbocycles. The van der Waals surface area contributed by atoms with Crippen molar-refractivity contribution < 1.29 is 4.39 Å². The summed E-state index contributed by atoms with van der Waals surface area (Å²) in [6.07, 6.45) is 2.18. The van der Waals surface area contributed by atoms with Crippen molar-refractivity contribution in [1.82, 2.24) is 20.1 Å². The van der Waals surface area contributed by atoms with E-state index in [1.165, 1.54) is 0 Å². The van der Waals surface area contributed by atoms with Crippen LogP contribution in [0.3, 0.4) is 0 Å². The molecule has 0 aliphatic heterocycles. The number of aromatic nitrogens is 3. The first-order chi connectivity index (χ1) is 10.0. The molecule has 2 aromatic rings. The van der Waals surface area contributed by atoms with Gasteiger partial charge in [0.2, 0.25) is 0 Å². The fourth-order valence-corrected chi connectivity index (χ4v) is 2.43. The molecule has 1 atom stereocenters. The summed E-state index contributed by atoms with van der Waals surface area (Å²) in [6.45, 7) is 6.89. The van der Waals surface area contributed by atoms with Crippen molar-refractivity contribution in [3.05, 3.63) is 47.3 Å². The lowest BCUT2D eigenvalue weighted by Gasteiger charge is -2.18. The van der Waals surface area contributed by atoms with Gasteiger partial charge in [0.25, 0.3) is 0 Å². The van der Waals surface area contributed by atoms with Gasteiger partial charge in [-0.2, -0.15) is 5.10 Å². The van der Waals surface area contributed by atoms with Crippen molar-refractivity contribution in [2.75, 3.05) is 7.05 Å². The van der Waals surface area contributed by atoms with Crippen LogP contribution in [0.4, 0.5) is 4.39 Å². The quantitative estimate of drug-likeness (QED) is 0.889. The van der Waals surface area contributed by atoms with Gasteiger partial charge in [0.1, 0.15) is 18.0 Å². The number of rotatable bonds is 6. The molecule has 2 rings (SSSR count). The Morgan fingerprint density at radius 2 is 2.10 bits per heavy atom. The molecule has 0 aliphatic carbocycles. The van der Waals surface area contributed by atoms with Crippen molar-refractivity contribution in [3.63, 3.8) is 0 Å². The van der Waals surface area contributed by atoms with E-state index < -0.39 is 0 Å². The van der Waals surface area contributed by atoms with Gasteiger partial charge in [-0.05, 0) is 25.5 Å². The third-order valence-electron chi connectivity index (χ3n) is 3.57. The highest BCUT2D eigenvalue weighted by molar-refractivity contribution is 5.28. The first-order valence-corrected chi connectivity index (χ1v) is 7.31. The van der Waals surface area contributed by atoms with Crippen molar-refractivity contribution in [2.45, 2.75) is 39.8 Å². The maximum atomic E-state index is 14.3. The van der Waals surface area contributed by atoms with E-state index in [9.17, 15) is 4.39 Å². The Kier molecular flexibility index (Phi) is 5.07. The number of nitrogens with one attached hydrogen (secondary N) is 1. The normalized spacial score (nSPS) is 12.9. The second-order valence-corrected chi connectivity index (χ2v) is 5.78. The lowest BCUT2D eigenvalue weighted by molar-refractivity contribution is 0.446. The van der Waals surface area contributed by atoms with Gasteiger partial charge in [-0.1, -0.05) is 32.0 Å². The Morgan fingerprint density at radius 1 is 1.33 bits per heavy atom. The molecule has 1 unspecified atom stereocenters. The molecule has 1 N–H and O–H groups in total. The Morgan fingerprint density at radius 3 is 2.76 bits per heavy atom. The van der Waals surface area contributed by atoms with Gasteiger partial charge in [0.05, 0.1) is 0 Å². The van der Waals surface area contributed by atoms with E-state index in [0.717, 1.165) is 12.4 Å². The van der Waals surface area contributed by atoms with Crippen molar-refractivity contribution in [1.29, 1.82) is 0 Å². The van der Waals surface area contributed by atoms with Crippen LogP contribution in [0.5, 0.6) is 0 Å². The fraction of sp³-hybridized carbons (Fsp3) is 0.500. The minimum absolute atomic E-state index is 0.111. The predicted octanol–water partition coefficient (Wildman–Crippen LogP) is 2.88. The summed E-state index contributed by atoms with van der Waals surface area (Å²) in [5.41, 5.74) is 1.34. The molecule has 0 fully saturated rings. The number of benzene rings is 1. The molecule has 1 aromatic heterocycles. The van der Waals surface area contributed by atoms with Gasteiger partial charge in [0.15, 0.2) is 0 Å². The average Bonchev–Trinajstić information content (AvgIpc) is 2.86. The van der Waals surface area contributed by atoms with Gasteiger partial charge in [0, 0.05) is 24.6 Å². The molecule has 0 amide bonds. The molecule has 4 nitrogen and oxygen atoms in total. The van der Waals surface area contributed by atoms with E-state index in [1.807, 2.05) is 23.9 Å². The average molecular weight is 290 g/mol. The number of halogens is 1. The molecular weight excluding hydrogens is 267 g/mol. The molecular formula is C16H23FN4. The maximum absolute atomic E-state index is 14.3. The Bertz CT molecular complexity index is 592. The Labute approximate surface area is 125 Å². The molecule has 0 saturated heterocycles. The largest absolute Gasteiger partial charge is 0.313 e. The molecule has 1 heterocycles. The zero-order valence-corrected chi connectivity index (χ0v) is 13.1. The SMILES string of the molecule is CNC(Cc1ncnn1CC(C)C)c1cccc(C)c1F. The van der Waals surface area contributed by atoms with Gasteiger partial charge < -0.3 is 5.32 Å². The van der Waals surface area contributed by atoms with Crippen LogP contribution in [-0.4, -0.2) is 21.8 Å². The lowest BCUT2D eigenvalue weighted by Crippen LogP contribution is -2.23. The maximum Gasteiger partial charge on any atom is 0.138 e. The van der Waals surface area contributed by atoms with E-state index in [4.69, 9.17) is 0 Å². The van der Waals surface area contributed by atoms with Crippen LogP contribution < -0.4 is 5.32 Å². The molecule has 1 aromatic carbocycles. The summed E-state index contributed by atoms with van der Waals surface area (Å²) in [4.78, 5) is 4.32. The van der Waals surface area contributed by atoms with E-state index in [-0.39, 0.29) is 11.9 Å². The van der Waals surface area contributed by atoms with Crippen LogP contribution in [0.1, 0.15) is 36.8 Å². The third-order valence-corrected chi connectivity index (χ3v) is 3.57. The van der Waals surface area contributed by atoms with Gasteiger partial charge in [-0.25, -0.2) is 14.1 Å². The highest BCUT2D eigenvalue weighted by Gasteiger charge is 2.18. The summed E-state index contributed by atoms with van der Waals surface area (Å²) < 4.78 is 16.2. The Hall–Kier alpha value is -1.75. The van der Waals surface area contributed by atoms with Crippen molar-refractivity contribution in [3.8, 4) is 0 Å². The third kappa shape index (κ3) is 3.67. The smallest absolute Gasteiger partial charge is 0.138 e. The van der Waals surface area contributed by atoms with Gasteiger partial charge in [-0.15, -0.1) is 0 Å². The first kappa shape index (κ1) is 15.6. The van der Waals surface area contributed by atoms with E-state index in [2.05, 4.69) is 29.2 Å². The monoisotopic (exact) mass is 290 g/mol. The molecule has 114 valence electrons. The predicted molar refractivity (Wildman–Crippen MR) is 81.5 cm³/mol. The van der Waals surface area contributed by atoms with E-state index in [1.54, 1.807) is 19.3 Å². The van der Waals surface area contributed by atoms with Crippen molar-refractivity contribution in [2.24, 2.45) is 5.92 Å². The van der Waals surface area contributed by atoms with Gasteiger partial charge in [-0.3, -0.25) is 0 Å². The zero-order valence-electron chi connectivity index (χ0n) is 13.1. The summed E-state index contributed by atoms with van der Waals surface area (Å²) in [5, 5.41) is 7.45. The molecule has 21 heavy (non-hydrogen) atoms.